The van der Waals surface area contributed by atoms with Crippen LogP contribution in [0.15, 0.2) is 109 Å². The van der Waals surface area contributed by atoms with Crippen LogP contribution in [0.4, 0.5) is 0 Å². The van der Waals surface area contributed by atoms with Crippen LogP contribution in [0.25, 0.3) is 21.5 Å². The molecule has 0 bridgehead atoms. The summed E-state index contributed by atoms with van der Waals surface area (Å²) in [4.78, 5) is 25.3. The summed E-state index contributed by atoms with van der Waals surface area (Å²) in [6.45, 7) is -0.0236. The summed E-state index contributed by atoms with van der Waals surface area (Å²) in [5.74, 6) is 0.262. The van der Waals surface area contributed by atoms with Gasteiger partial charge < -0.3 is 14.8 Å². The van der Waals surface area contributed by atoms with Crippen molar-refractivity contribution in [2.45, 2.75) is 6.54 Å². The number of hydrogen-bond acceptors (Lipinski definition) is 4. The fraction of sp³-hybridized carbons (Fsp3) is 0.0667. The van der Waals surface area contributed by atoms with Crippen LogP contribution in [0.2, 0.25) is 0 Å². The van der Waals surface area contributed by atoms with E-state index >= 15 is 0 Å². The van der Waals surface area contributed by atoms with E-state index in [1.807, 2.05) is 91.0 Å². The van der Waals surface area contributed by atoms with E-state index in [0.29, 0.717) is 17.1 Å². The maximum atomic E-state index is 12.7. The van der Waals surface area contributed by atoms with Gasteiger partial charge in [0.2, 0.25) is 0 Å². The molecule has 1 N–H and O–H groups in total. The second-order valence-corrected chi connectivity index (χ2v) is 8.08. The summed E-state index contributed by atoms with van der Waals surface area (Å²) >= 11 is 0. The summed E-state index contributed by atoms with van der Waals surface area (Å²) < 4.78 is 11.4. The van der Waals surface area contributed by atoms with Crippen molar-refractivity contribution in [2.24, 2.45) is 0 Å². The summed E-state index contributed by atoms with van der Waals surface area (Å²) in [6, 6.07) is 34.0. The van der Waals surface area contributed by atoms with E-state index in [1.165, 1.54) is 0 Å². The van der Waals surface area contributed by atoms with E-state index < -0.39 is 5.97 Å². The van der Waals surface area contributed by atoms with Gasteiger partial charge in [-0.3, -0.25) is 4.79 Å². The summed E-state index contributed by atoms with van der Waals surface area (Å²) in [7, 11) is 0. The van der Waals surface area contributed by atoms with Crippen LogP contribution in [-0.4, -0.2) is 18.5 Å². The van der Waals surface area contributed by atoms with Gasteiger partial charge in [0, 0.05) is 17.7 Å². The van der Waals surface area contributed by atoms with E-state index in [4.69, 9.17) is 9.47 Å². The van der Waals surface area contributed by atoms with Crippen molar-refractivity contribution in [1.29, 1.82) is 0 Å². The van der Waals surface area contributed by atoms with Gasteiger partial charge in [-0.05, 0) is 51.9 Å². The lowest BCUT2D eigenvalue weighted by atomic mass is 10.0. The number of hydrogen-bond donors (Lipinski definition) is 1. The lowest BCUT2D eigenvalue weighted by Crippen LogP contribution is -2.24. The second-order valence-electron chi connectivity index (χ2n) is 8.08. The van der Waals surface area contributed by atoms with Crippen LogP contribution >= 0.6 is 0 Å². The van der Waals surface area contributed by atoms with Crippen LogP contribution in [-0.2, 0) is 11.3 Å². The van der Waals surface area contributed by atoms with Gasteiger partial charge in [-0.2, -0.15) is 0 Å². The van der Waals surface area contributed by atoms with Crippen LogP contribution < -0.4 is 14.8 Å². The standard InChI is InChI=1S/C30H23NO4/c32-29(20-34-25-16-14-21-8-4-5-12-24(21)18-25)35-28-17-15-22-9-6-7-13-26(22)27(28)19-31-30(33)23-10-2-1-3-11-23/h1-18H,19-20H2,(H,31,33). The molecule has 5 rings (SSSR count). The van der Waals surface area contributed by atoms with Gasteiger partial charge in [0.1, 0.15) is 11.5 Å². The lowest BCUT2D eigenvalue weighted by Gasteiger charge is -2.14. The molecule has 0 unspecified atom stereocenters. The van der Waals surface area contributed by atoms with E-state index in [0.717, 1.165) is 27.1 Å². The van der Waals surface area contributed by atoms with E-state index in [2.05, 4.69) is 5.32 Å². The number of ether oxygens (including phenoxy) is 2. The average molecular weight is 462 g/mol. The fourth-order valence-electron chi connectivity index (χ4n) is 4.01. The zero-order valence-electron chi connectivity index (χ0n) is 18.9. The van der Waals surface area contributed by atoms with Gasteiger partial charge in [0.25, 0.3) is 5.91 Å². The minimum absolute atomic E-state index is 0.199. The zero-order chi connectivity index (χ0) is 24.0. The SMILES string of the molecule is O=C(COc1ccc2ccccc2c1)Oc1ccc2ccccc2c1CNC(=O)c1ccccc1. The molecule has 0 fully saturated rings. The molecule has 0 heterocycles. The van der Waals surface area contributed by atoms with Crippen LogP contribution in [0, 0.1) is 0 Å². The monoisotopic (exact) mass is 461 g/mol. The zero-order valence-corrected chi connectivity index (χ0v) is 18.9. The molecule has 5 aromatic rings. The average Bonchev–Trinajstić information content (AvgIpc) is 2.91. The van der Waals surface area contributed by atoms with E-state index in [1.54, 1.807) is 18.2 Å². The Bertz CT molecular complexity index is 1510. The minimum Gasteiger partial charge on any atom is -0.482 e. The number of nitrogens with one attached hydrogen (secondary N) is 1. The second kappa shape index (κ2) is 10.1. The molecule has 0 atom stereocenters. The largest absolute Gasteiger partial charge is 0.482 e. The Labute approximate surface area is 202 Å². The predicted molar refractivity (Wildman–Crippen MR) is 137 cm³/mol. The molecule has 1 amide bonds. The Morgan fingerprint density at radius 1 is 0.686 bits per heavy atom. The van der Waals surface area contributed by atoms with E-state index in [-0.39, 0.29) is 19.1 Å². The van der Waals surface area contributed by atoms with Gasteiger partial charge in [-0.15, -0.1) is 0 Å². The Hall–Kier alpha value is -4.64. The third kappa shape index (κ3) is 5.14. The number of rotatable bonds is 7. The topological polar surface area (TPSA) is 64.6 Å². The highest BCUT2D eigenvalue weighted by Crippen LogP contribution is 2.28. The normalized spacial score (nSPS) is 10.7. The number of esters is 1. The predicted octanol–water partition coefficient (Wildman–Crippen LogP) is 5.91. The van der Waals surface area contributed by atoms with Crippen molar-refractivity contribution in [3.05, 3.63) is 120 Å². The summed E-state index contributed by atoms with van der Waals surface area (Å²) in [6.07, 6.45) is 0. The lowest BCUT2D eigenvalue weighted by molar-refractivity contribution is -0.136. The number of carbonyl (C=O) groups is 2. The molecule has 5 aromatic carbocycles. The molecule has 0 radical (unpaired) electrons. The number of carbonyl (C=O) groups excluding carboxylic acids is 2. The quantitative estimate of drug-likeness (QED) is 0.242. The van der Waals surface area contributed by atoms with Gasteiger partial charge in [-0.1, -0.05) is 78.9 Å². The number of amides is 1. The van der Waals surface area contributed by atoms with Crippen LogP contribution in [0.3, 0.4) is 0 Å². The highest BCUT2D eigenvalue weighted by atomic mass is 16.6. The van der Waals surface area contributed by atoms with Gasteiger partial charge >= 0.3 is 5.97 Å². The molecule has 0 aliphatic rings. The molecule has 0 aliphatic carbocycles. The van der Waals surface area contributed by atoms with Gasteiger partial charge in [-0.25, -0.2) is 4.79 Å². The first-order valence-corrected chi connectivity index (χ1v) is 11.3. The maximum absolute atomic E-state index is 12.7. The molecule has 5 nitrogen and oxygen atoms in total. The molecule has 5 heteroatoms. The van der Waals surface area contributed by atoms with Crippen molar-refractivity contribution in [2.75, 3.05) is 6.61 Å². The third-order valence-corrected chi connectivity index (χ3v) is 5.76. The minimum atomic E-state index is -0.524. The highest BCUT2D eigenvalue weighted by Gasteiger charge is 2.15. The first kappa shape index (κ1) is 22.2. The Morgan fingerprint density at radius 2 is 1.37 bits per heavy atom. The molecular weight excluding hydrogens is 438 g/mol. The van der Waals surface area contributed by atoms with Crippen LogP contribution in [0.5, 0.6) is 11.5 Å². The first-order valence-electron chi connectivity index (χ1n) is 11.3. The summed E-state index contributed by atoms with van der Waals surface area (Å²) in [5, 5.41) is 6.96. The van der Waals surface area contributed by atoms with Gasteiger partial charge in [0.05, 0.1) is 0 Å². The van der Waals surface area contributed by atoms with Crippen molar-refractivity contribution in [3.8, 4) is 11.5 Å². The van der Waals surface area contributed by atoms with Crippen molar-refractivity contribution < 1.29 is 19.1 Å². The molecular formula is C30H23NO4. The molecule has 0 spiro atoms. The van der Waals surface area contributed by atoms with Crippen LogP contribution in [0.1, 0.15) is 15.9 Å². The summed E-state index contributed by atoms with van der Waals surface area (Å²) in [5.41, 5.74) is 1.29. The molecule has 0 saturated heterocycles. The Kier molecular flexibility index (Phi) is 6.39. The third-order valence-electron chi connectivity index (χ3n) is 5.76. The van der Waals surface area contributed by atoms with Crippen molar-refractivity contribution in [3.63, 3.8) is 0 Å². The Morgan fingerprint density at radius 3 is 2.20 bits per heavy atom. The van der Waals surface area contributed by atoms with Gasteiger partial charge in [0.15, 0.2) is 6.61 Å². The highest BCUT2D eigenvalue weighted by molar-refractivity contribution is 5.95. The number of benzene rings is 5. The van der Waals surface area contributed by atoms with E-state index in [9.17, 15) is 9.59 Å². The molecule has 35 heavy (non-hydrogen) atoms. The molecule has 172 valence electrons. The van der Waals surface area contributed by atoms with Crippen molar-refractivity contribution in [1.82, 2.24) is 5.32 Å². The fourth-order valence-corrected chi connectivity index (χ4v) is 4.01. The smallest absolute Gasteiger partial charge is 0.349 e. The Balaban J connectivity index is 1.32. The molecule has 0 aliphatic heterocycles. The first-order chi connectivity index (χ1) is 17.2. The number of fused-ring (bicyclic) bond motifs is 2. The molecule has 0 saturated carbocycles. The molecule has 0 aromatic heterocycles. The van der Waals surface area contributed by atoms with Crippen molar-refractivity contribution >= 4 is 33.4 Å². The maximum Gasteiger partial charge on any atom is 0.349 e.